The Labute approximate surface area is 136 Å². The first kappa shape index (κ1) is 14.0. The van der Waals surface area contributed by atoms with Gasteiger partial charge < -0.3 is 10.3 Å². The number of imidazole rings is 1. The lowest BCUT2D eigenvalue weighted by Crippen LogP contribution is -2.24. The molecule has 6 nitrogen and oxygen atoms in total. The van der Waals surface area contributed by atoms with Gasteiger partial charge in [0.15, 0.2) is 0 Å². The van der Waals surface area contributed by atoms with Gasteiger partial charge in [-0.3, -0.25) is 4.79 Å². The first-order valence-electron chi connectivity index (χ1n) is 7.29. The fraction of sp³-hybridized carbons (Fsp3) is 0.188. The molecule has 0 unspecified atom stereocenters. The van der Waals surface area contributed by atoms with Crippen LogP contribution in [0.25, 0.3) is 15.9 Å². The van der Waals surface area contributed by atoms with E-state index in [4.69, 9.17) is 0 Å². The molecule has 3 heterocycles. The van der Waals surface area contributed by atoms with E-state index in [0.29, 0.717) is 12.2 Å². The van der Waals surface area contributed by atoms with Crippen LogP contribution >= 0.6 is 11.3 Å². The Hall–Kier alpha value is -2.67. The molecule has 1 amide bonds. The normalized spacial score (nSPS) is 11.4. The third-order valence-corrected chi connectivity index (χ3v) is 4.61. The minimum absolute atomic E-state index is 0.137. The van der Waals surface area contributed by atoms with E-state index >= 15 is 0 Å². The molecule has 0 aliphatic carbocycles. The van der Waals surface area contributed by atoms with Gasteiger partial charge in [-0.25, -0.2) is 9.50 Å². The number of carbonyl (C=O) groups excluding carboxylic acids is 1. The lowest BCUT2D eigenvalue weighted by molar-refractivity contribution is 0.0946. The molecule has 0 radical (unpaired) electrons. The standard InChI is InChI=1S/C16H15N5OS/c1-9-14(21-16(18-9)23-10(2)20-21)8-17-15(22)13-7-11-5-3-4-6-12(11)19-13/h3-7,19H,8H2,1-2H3,(H,17,22). The number of nitrogens with zero attached hydrogens (tertiary/aromatic N) is 3. The highest BCUT2D eigenvalue weighted by atomic mass is 32.1. The van der Waals surface area contributed by atoms with Crippen LogP contribution < -0.4 is 5.32 Å². The van der Waals surface area contributed by atoms with Gasteiger partial charge in [0.05, 0.1) is 17.9 Å². The Morgan fingerprint density at radius 1 is 1.35 bits per heavy atom. The summed E-state index contributed by atoms with van der Waals surface area (Å²) in [5.74, 6) is -0.137. The van der Waals surface area contributed by atoms with Crippen molar-refractivity contribution in [3.63, 3.8) is 0 Å². The van der Waals surface area contributed by atoms with E-state index < -0.39 is 0 Å². The molecule has 1 aromatic carbocycles. The number of para-hydroxylation sites is 1. The minimum atomic E-state index is -0.137. The summed E-state index contributed by atoms with van der Waals surface area (Å²) < 4.78 is 1.81. The topological polar surface area (TPSA) is 75.1 Å². The van der Waals surface area contributed by atoms with Crippen LogP contribution in [0, 0.1) is 13.8 Å². The average Bonchev–Trinajstić information content (AvgIpc) is 3.17. The number of H-pyrrole nitrogens is 1. The van der Waals surface area contributed by atoms with Gasteiger partial charge in [0, 0.05) is 10.9 Å². The third kappa shape index (κ3) is 2.39. The van der Waals surface area contributed by atoms with Gasteiger partial charge in [0.2, 0.25) is 4.96 Å². The van der Waals surface area contributed by atoms with E-state index in [2.05, 4.69) is 20.4 Å². The van der Waals surface area contributed by atoms with Crippen molar-refractivity contribution in [2.24, 2.45) is 0 Å². The number of hydrogen-bond donors (Lipinski definition) is 2. The molecule has 0 saturated heterocycles. The predicted octanol–water partition coefficient (Wildman–Crippen LogP) is 2.82. The maximum atomic E-state index is 12.4. The number of rotatable bonds is 3. The fourth-order valence-electron chi connectivity index (χ4n) is 2.64. The van der Waals surface area contributed by atoms with E-state index in [-0.39, 0.29) is 5.91 Å². The predicted molar refractivity (Wildman–Crippen MR) is 89.8 cm³/mol. The Balaban J connectivity index is 1.57. The minimum Gasteiger partial charge on any atom is -0.351 e. The number of fused-ring (bicyclic) bond motifs is 2. The SMILES string of the molecule is Cc1nn2c(CNC(=O)c3cc4ccccc4[nH]3)c(C)nc2s1. The first-order chi connectivity index (χ1) is 11.1. The van der Waals surface area contributed by atoms with Gasteiger partial charge >= 0.3 is 0 Å². The summed E-state index contributed by atoms with van der Waals surface area (Å²) in [4.78, 5) is 20.8. The molecule has 0 aliphatic rings. The van der Waals surface area contributed by atoms with E-state index in [0.717, 1.165) is 32.3 Å². The highest BCUT2D eigenvalue weighted by Gasteiger charge is 2.15. The van der Waals surface area contributed by atoms with E-state index in [1.165, 1.54) is 0 Å². The number of hydrogen-bond acceptors (Lipinski definition) is 4. The maximum Gasteiger partial charge on any atom is 0.268 e. The number of amides is 1. The number of aromatic nitrogens is 4. The number of aryl methyl sites for hydroxylation is 2. The smallest absolute Gasteiger partial charge is 0.268 e. The zero-order valence-corrected chi connectivity index (χ0v) is 13.6. The van der Waals surface area contributed by atoms with E-state index in [1.54, 1.807) is 15.9 Å². The fourth-order valence-corrected chi connectivity index (χ4v) is 3.45. The van der Waals surface area contributed by atoms with Crippen LogP contribution in [0.3, 0.4) is 0 Å². The van der Waals surface area contributed by atoms with Crippen molar-refractivity contribution in [3.8, 4) is 0 Å². The molecule has 4 rings (SSSR count). The van der Waals surface area contributed by atoms with Crippen molar-refractivity contribution in [2.75, 3.05) is 0 Å². The molecule has 2 N–H and O–H groups in total. The number of carbonyl (C=O) groups is 1. The summed E-state index contributed by atoms with van der Waals surface area (Å²) in [5.41, 5.74) is 3.31. The molecule has 0 saturated carbocycles. The number of aromatic amines is 1. The van der Waals surface area contributed by atoms with Crippen LogP contribution in [0.2, 0.25) is 0 Å². The van der Waals surface area contributed by atoms with Crippen molar-refractivity contribution in [1.29, 1.82) is 0 Å². The highest BCUT2D eigenvalue weighted by molar-refractivity contribution is 7.16. The molecule has 7 heteroatoms. The largest absolute Gasteiger partial charge is 0.351 e. The Bertz CT molecular complexity index is 993. The molecular weight excluding hydrogens is 310 g/mol. The monoisotopic (exact) mass is 325 g/mol. The Morgan fingerprint density at radius 3 is 3.00 bits per heavy atom. The molecule has 4 aromatic rings. The van der Waals surface area contributed by atoms with Gasteiger partial charge in [-0.05, 0) is 26.0 Å². The molecule has 0 spiro atoms. The summed E-state index contributed by atoms with van der Waals surface area (Å²) in [7, 11) is 0. The molecule has 23 heavy (non-hydrogen) atoms. The molecule has 0 fully saturated rings. The van der Waals surface area contributed by atoms with E-state index in [9.17, 15) is 4.79 Å². The summed E-state index contributed by atoms with van der Waals surface area (Å²) in [6.07, 6.45) is 0. The second kappa shape index (κ2) is 5.20. The molecule has 3 aromatic heterocycles. The maximum absolute atomic E-state index is 12.4. The molecule has 116 valence electrons. The van der Waals surface area contributed by atoms with Crippen molar-refractivity contribution >= 4 is 33.1 Å². The summed E-state index contributed by atoms with van der Waals surface area (Å²) in [6.45, 7) is 4.27. The van der Waals surface area contributed by atoms with Crippen molar-refractivity contribution in [2.45, 2.75) is 20.4 Å². The van der Waals surface area contributed by atoms with Gasteiger partial charge in [-0.2, -0.15) is 5.10 Å². The Morgan fingerprint density at radius 2 is 2.17 bits per heavy atom. The average molecular weight is 325 g/mol. The second-order valence-corrected chi connectivity index (χ2v) is 6.57. The van der Waals surface area contributed by atoms with Gasteiger partial charge in [0.1, 0.15) is 10.7 Å². The van der Waals surface area contributed by atoms with Crippen LogP contribution in [0.5, 0.6) is 0 Å². The van der Waals surface area contributed by atoms with Crippen LogP contribution in [0.4, 0.5) is 0 Å². The lowest BCUT2D eigenvalue weighted by atomic mass is 10.2. The molecular formula is C16H15N5OS. The summed E-state index contributed by atoms with van der Waals surface area (Å²) in [5, 5.41) is 9.35. The van der Waals surface area contributed by atoms with E-state index in [1.807, 2.05) is 44.2 Å². The number of benzene rings is 1. The van der Waals surface area contributed by atoms with Gasteiger partial charge in [-0.1, -0.05) is 29.5 Å². The van der Waals surface area contributed by atoms with Crippen molar-refractivity contribution in [1.82, 2.24) is 24.9 Å². The van der Waals surface area contributed by atoms with Crippen LogP contribution in [-0.2, 0) is 6.54 Å². The van der Waals surface area contributed by atoms with Gasteiger partial charge in [0.25, 0.3) is 5.91 Å². The summed E-state index contributed by atoms with van der Waals surface area (Å²) in [6, 6.07) is 9.68. The molecule has 0 atom stereocenters. The van der Waals surface area contributed by atoms with Crippen LogP contribution in [-0.4, -0.2) is 25.5 Å². The van der Waals surface area contributed by atoms with Crippen molar-refractivity contribution < 1.29 is 4.79 Å². The van der Waals surface area contributed by atoms with Gasteiger partial charge in [-0.15, -0.1) is 0 Å². The van der Waals surface area contributed by atoms with Crippen LogP contribution in [0.1, 0.15) is 26.9 Å². The second-order valence-electron chi connectivity index (χ2n) is 5.41. The van der Waals surface area contributed by atoms with Crippen LogP contribution in [0.15, 0.2) is 30.3 Å². The quantitative estimate of drug-likeness (QED) is 0.608. The first-order valence-corrected chi connectivity index (χ1v) is 8.11. The Kier molecular flexibility index (Phi) is 3.16. The molecule has 0 bridgehead atoms. The third-order valence-electron chi connectivity index (χ3n) is 3.79. The lowest BCUT2D eigenvalue weighted by Gasteiger charge is -2.03. The number of nitrogens with one attached hydrogen (secondary N) is 2. The van der Waals surface area contributed by atoms with Crippen molar-refractivity contribution in [3.05, 3.63) is 52.4 Å². The molecule has 0 aliphatic heterocycles. The zero-order valence-electron chi connectivity index (χ0n) is 12.8. The zero-order chi connectivity index (χ0) is 16.0. The highest BCUT2D eigenvalue weighted by Crippen LogP contribution is 2.18. The summed E-state index contributed by atoms with van der Waals surface area (Å²) >= 11 is 1.54.